The van der Waals surface area contributed by atoms with E-state index in [1.807, 2.05) is 6.08 Å². The first-order valence-corrected chi connectivity index (χ1v) is 7.85. The monoisotopic (exact) mass is 270 g/mol. The highest BCUT2D eigenvalue weighted by Gasteiger charge is 2.24. The molecule has 0 unspecified atom stereocenters. The fourth-order valence-corrected chi connectivity index (χ4v) is 4.06. The summed E-state index contributed by atoms with van der Waals surface area (Å²) in [7, 11) is -1.06. The Morgan fingerprint density at radius 2 is 2.35 bits per heavy atom. The second kappa shape index (κ2) is 5.14. The Hall–Kier alpha value is -0.940. The van der Waals surface area contributed by atoms with Crippen LogP contribution in [0.5, 0.6) is 0 Å². The second-order valence-electron chi connectivity index (χ2n) is 3.73. The van der Waals surface area contributed by atoms with E-state index in [4.69, 9.17) is 4.74 Å². The summed E-state index contributed by atoms with van der Waals surface area (Å²) >= 11 is 1.31. The summed E-state index contributed by atoms with van der Waals surface area (Å²) in [5, 5.41) is 0. The number of esters is 1. The molecule has 0 saturated carbocycles. The largest absolute Gasteiger partial charge is 0.462 e. The number of fused-ring (bicyclic) bond motifs is 1. The Morgan fingerprint density at radius 1 is 1.59 bits per heavy atom. The van der Waals surface area contributed by atoms with E-state index in [0.717, 1.165) is 28.2 Å². The highest BCUT2D eigenvalue weighted by atomic mass is 32.2. The molecule has 0 aliphatic heterocycles. The minimum absolute atomic E-state index is 0.291. The molecule has 0 saturated heterocycles. The first-order chi connectivity index (χ1) is 8.15. The van der Waals surface area contributed by atoms with Crippen LogP contribution in [0.1, 0.15) is 34.1 Å². The van der Waals surface area contributed by atoms with Crippen LogP contribution in [0.15, 0.2) is 10.3 Å². The van der Waals surface area contributed by atoms with Gasteiger partial charge in [-0.05, 0) is 25.3 Å². The molecule has 1 aliphatic carbocycles. The Labute approximate surface area is 107 Å². The van der Waals surface area contributed by atoms with Crippen molar-refractivity contribution in [3.05, 3.63) is 22.1 Å². The maximum absolute atomic E-state index is 11.8. The molecule has 1 aromatic rings. The number of carbonyl (C=O) groups excluding carboxylic acids is 1. The standard InChI is InChI=1S/C12H14O3S2/c1-3-15-11(13)10-8-6-4-5-7-9(8)12(16-10)17(2)14/h5,7H,3-4,6H2,1-2H3/t17-/m1/s1. The van der Waals surface area contributed by atoms with Gasteiger partial charge in [0.05, 0.1) is 21.6 Å². The zero-order chi connectivity index (χ0) is 12.4. The van der Waals surface area contributed by atoms with Crippen molar-refractivity contribution in [2.45, 2.75) is 24.0 Å². The van der Waals surface area contributed by atoms with E-state index in [9.17, 15) is 9.00 Å². The maximum atomic E-state index is 11.8. The quantitative estimate of drug-likeness (QED) is 0.793. The molecular weight excluding hydrogens is 256 g/mol. The van der Waals surface area contributed by atoms with Gasteiger partial charge in [-0.3, -0.25) is 4.21 Å². The number of thiophene rings is 1. The first kappa shape index (κ1) is 12.5. The van der Waals surface area contributed by atoms with Crippen molar-refractivity contribution in [2.24, 2.45) is 0 Å². The molecule has 0 fully saturated rings. The molecule has 0 aromatic carbocycles. The maximum Gasteiger partial charge on any atom is 0.348 e. The molecule has 3 nitrogen and oxygen atoms in total. The summed E-state index contributed by atoms with van der Waals surface area (Å²) < 4.78 is 17.5. The van der Waals surface area contributed by atoms with Gasteiger partial charge in [0.2, 0.25) is 0 Å². The van der Waals surface area contributed by atoms with Gasteiger partial charge < -0.3 is 4.74 Å². The van der Waals surface area contributed by atoms with Crippen LogP contribution in [-0.4, -0.2) is 23.0 Å². The third kappa shape index (κ3) is 2.35. The van der Waals surface area contributed by atoms with E-state index in [2.05, 4.69) is 6.08 Å². The normalized spacial score (nSPS) is 15.4. The molecule has 1 atom stereocenters. The second-order valence-corrected chi connectivity index (χ2v) is 6.32. The lowest BCUT2D eigenvalue weighted by atomic mass is 10.00. The van der Waals surface area contributed by atoms with E-state index in [1.165, 1.54) is 11.3 Å². The molecule has 1 aromatic heterocycles. The number of hydrogen-bond acceptors (Lipinski definition) is 4. The predicted octanol–water partition coefficient (Wildman–Crippen LogP) is 2.62. The van der Waals surface area contributed by atoms with Crippen molar-refractivity contribution in [3.63, 3.8) is 0 Å². The molecule has 92 valence electrons. The van der Waals surface area contributed by atoms with Crippen LogP contribution in [-0.2, 0) is 22.0 Å². The van der Waals surface area contributed by atoms with Crippen LogP contribution in [0.4, 0.5) is 0 Å². The van der Waals surface area contributed by atoms with Crippen molar-refractivity contribution in [3.8, 4) is 0 Å². The van der Waals surface area contributed by atoms with Crippen molar-refractivity contribution in [2.75, 3.05) is 12.9 Å². The van der Waals surface area contributed by atoms with Crippen LogP contribution in [0.3, 0.4) is 0 Å². The minimum atomic E-state index is -1.06. The number of rotatable bonds is 3. The highest BCUT2D eigenvalue weighted by Crippen LogP contribution is 2.35. The Bertz CT molecular complexity index is 500. The molecule has 0 N–H and O–H groups in total. The van der Waals surface area contributed by atoms with E-state index in [-0.39, 0.29) is 5.97 Å². The smallest absolute Gasteiger partial charge is 0.348 e. The zero-order valence-electron chi connectivity index (χ0n) is 9.82. The lowest BCUT2D eigenvalue weighted by Crippen LogP contribution is -2.06. The first-order valence-electron chi connectivity index (χ1n) is 5.48. The van der Waals surface area contributed by atoms with Gasteiger partial charge in [0, 0.05) is 11.8 Å². The van der Waals surface area contributed by atoms with Gasteiger partial charge in [-0.2, -0.15) is 0 Å². The summed E-state index contributed by atoms with van der Waals surface area (Å²) in [5.41, 5.74) is 1.96. The van der Waals surface area contributed by atoms with E-state index in [0.29, 0.717) is 11.5 Å². The lowest BCUT2D eigenvalue weighted by Gasteiger charge is -2.07. The molecule has 2 rings (SSSR count). The number of ether oxygens (including phenoxy) is 1. The molecule has 1 heterocycles. The third-order valence-electron chi connectivity index (χ3n) is 2.58. The zero-order valence-corrected chi connectivity index (χ0v) is 11.5. The molecule has 0 amide bonds. The molecule has 0 bridgehead atoms. The minimum Gasteiger partial charge on any atom is -0.462 e. The van der Waals surface area contributed by atoms with Crippen LogP contribution in [0.25, 0.3) is 6.08 Å². The molecule has 1 aliphatic rings. The number of hydrogen-bond donors (Lipinski definition) is 0. The summed E-state index contributed by atoms with van der Waals surface area (Å²) in [6.45, 7) is 2.16. The van der Waals surface area contributed by atoms with Gasteiger partial charge >= 0.3 is 5.97 Å². The van der Waals surface area contributed by atoms with Crippen LogP contribution >= 0.6 is 11.3 Å². The van der Waals surface area contributed by atoms with Crippen molar-refractivity contribution < 1.29 is 13.7 Å². The Kier molecular flexibility index (Phi) is 3.79. The van der Waals surface area contributed by atoms with Crippen molar-refractivity contribution in [1.82, 2.24) is 0 Å². The third-order valence-corrected chi connectivity index (χ3v) is 5.30. The molecular formula is C12H14O3S2. The predicted molar refractivity (Wildman–Crippen MR) is 70.0 cm³/mol. The highest BCUT2D eigenvalue weighted by molar-refractivity contribution is 7.86. The van der Waals surface area contributed by atoms with E-state index in [1.54, 1.807) is 13.2 Å². The van der Waals surface area contributed by atoms with Gasteiger partial charge in [-0.1, -0.05) is 12.2 Å². The van der Waals surface area contributed by atoms with Crippen LogP contribution in [0, 0.1) is 0 Å². The van der Waals surface area contributed by atoms with E-state index < -0.39 is 10.8 Å². The average Bonchev–Trinajstić information content (AvgIpc) is 2.69. The summed E-state index contributed by atoms with van der Waals surface area (Å²) in [6.07, 6.45) is 7.41. The van der Waals surface area contributed by atoms with Crippen molar-refractivity contribution in [1.29, 1.82) is 0 Å². The van der Waals surface area contributed by atoms with Gasteiger partial charge in [-0.15, -0.1) is 11.3 Å². The Morgan fingerprint density at radius 3 is 3.00 bits per heavy atom. The SMILES string of the molecule is CCOC(=O)c1sc([S@@](C)=O)c2c1CCC=C2. The van der Waals surface area contributed by atoms with Crippen LogP contribution in [0.2, 0.25) is 0 Å². The topological polar surface area (TPSA) is 43.4 Å². The molecule has 17 heavy (non-hydrogen) atoms. The molecule has 0 spiro atoms. The molecule has 0 radical (unpaired) electrons. The van der Waals surface area contributed by atoms with Gasteiger partial charge in [0.1, 0.15) is 4.88 Å². The van der Waals surface area contributed by atoms with Gasteiger partial charge in [0.25, 0.3) is 0 Å². The number of carbonyl (C=O) groups is 1. The Balaban J connectivity index is 2.50. The summed E-state index contributed by atoms with van der Waals surface area (Å²) in [6, 6.07) is 0. The fourth-order valence-electron chi connectivity index (χ4n) is 1.88. The van der Waals surface area contributed by atoms with E-state index >= 15 is 0 Å². The average molecular weight is 270 g/mol. The van der Waals surface area contributed by atoms with Gasteiger partial charge in [0.15, 0.2) is 0 Å². The summed E-state index contributed by atoms with van der Waals surface area (Å²) in [4.78, 5) is 12.4. The molecule has 5 heteroatoms. The van der Waals surface area contributed by atoms with Crippen LogP contribution < -0.4 is 0 Å². The number of allylic oxidation sites excluding steroid dienone is 1. The summed E-state index contributed by atoms with van der Waals surface area (Å²) in [5.74, 6) is -0.291. The van der Waals surface area contributed by atoms with Crippen molar-refractivity contribution >= 4 is 34.2 Å². The van der Waals surface area contributed by atoms with Gasteiger partial charge in [-0.25, -0.2) is 4.79 Å². The fraction of sp³-hybridized carbons (Fsp3) is 0.417. The lowest BCUT2D eigenvalue weighted by molar-refractivity contribution is 0.0531.